The van der Waals surface area contributed by atoms with Crippen LogP contribution in [0.5, 0.6) is 5.75 Å². The van der Waals surface area contributed by atoms with Gasteiger partial charge in [0.05, 0.1) is 19.3 Å². The number of thioether (sulfide) groups is 1. The number of hydrogen-bond donors (Lipinski definition) is 2. The number of ether oxygens (including phenoxy) is 2. The second-order valence-corrected chi connectivity index (χ2v) is 5.30. The third kappa shape index (κ3) is 7.42. The highest BCUT2D eigenvalue weighted by Crippen LogP contribution is 2.13. The van der Waals surface area contributed by atoms with E-state index in [1.165, 1.54) is 17.3 Å². The van der Waals surface area contributed by atoms with E-state index in [4.69, 9.17) is 14.6 Å². The highest BCUT2D eigenvalue weighted by Gasteiger charge is 2.05. The van der Waals surface area contributed by atoms with Crippen LogP contribution < -0.4 is 4.74 Å². The molecule has 0 heterocycles. The van der Waals surface area contributed by atoms with Gasteiger partial charge in [0, 0.05) is 18.6 Å². The summed E-state index contributed by atoms with van der Waals surface area (Å²) >= 11 is 1.51. The van der Waals surface area contributed by atoms with E-state index in [0.717, 1.165) is 12.2 Å². The van der Waals surface area contributed by atoms with Crippen LogP contribution in [0.2, 0.25) is 0 Å². The molecule has 1 atom stereocenters. The first-order valence-corrected chi connectivity index (χ1v) is 7.49. The molecule has 1 aromatic carbocycles. The summed E-state index contributed by atoms with van der Waals surface area (Å²) in [5, 5.41) is 18.3. The van der Waals surface area contributed by atoms with Crippen LogP contribution in [-0.2, 0) is 11.2 Å². The summed E-state index contributed by atoms with van der Waals surface area (Å²) in [6, 6.07) is 7.81. The van der Waals surface area contributed by atoms with E-state index < -0.39 is 6.10 Å². The molecule has 19 heavy (non-hydrogen) atoms. The SMILES string of the molecule is COCCc1ccc(OCC(O)CSCCO)cc1. The summed E-state index contributed by atoms with van der Waals surface area (Å²) in [6.45, 7) is 1.12. The Morgan fingerprint density at radius 1 is 1.26 bits per heavy atom. The molecule has 0 saturated heterocycles. The van der Waals surface area contributed by atoms with Gasteiger partial charge in [0.2, 0.25) is 0 Å². The van der Waals surface area contributed by atoms with Crippen molar-refractivity contribution in [2.24, 2.45) is 0 Å². The molecule has 0 bridgehead atoms. The summed E-state index contributed by atoms with van der Waals surface area (Å²) < 4.78 is 10.5. The van der Waals surface area contributed by atoms with Crippen LogP contribution in [0.1, 0.15) is 5.56 Å². The smallest absolute Gasteiger partial charge is 0.119 e. The van der Waals surface area contributed by atoms with Crippen LogP contribution in [-0.4, -0.2) is 54.8 Å². The van der Waals surface area contributed by atoms with Crippen molar-refractivity contribution in [3.05, 3.63) is 29.8 Å². The standard InChI is InChI=1S/C14H22O4S/c1-17-8-6-12-2-4-14(5-3-12)18-10-13(16)11-19-9-7-15/h2-5,13,15-16H,6-11H2,1H3. The average Bonchev–Trinajstić information content (AvgIpc) is 2.44. The predicted octanol–water partition coefficient (Wildman–Crippen LogP) is 1.34. The van der Waals surface area contributed by atoms with Crippen molar-refractivity contribution < 1.29 is 19.7 Å². The van der Waals surface area contributed by atoms with Gasteiger partial charge >= 0.3 is 0 Å². The lowest BCUT2D eigenvalue weighted by Gasteiger charge is -2.12. The first-order chi connectivity index (χ1) is 9.26. The third-order valence-electron chi connectivity index (χ3n) is 2.51. The maximum absolute atomic E-state index is 9.66. The Morgan fingerprint density at radius 2 is 2.00 bits per heavy atom. The van der Waals surface area contributed by atoms with Crippen molar-refractivity contribution in [2.75, 3.05) is 38.4 Å². The van der Waals surface area contributed by atoms with Crippen molar-refractivity contribution in [1.29, 1.82) is 0 Å². The molecule has 0 amide bonds. The quantitative estimate of drug-likeness (QED) is 0.636. The Balaban J connectivity index is 2.25. The third-order valence-corrected chi connectivity index (χ3v) is 3.60. The van der Waals surface area contributed by atoms with Gasteiger partial charge < -0.3 is 19.7 Å². The van der Waals surface area contributed by atoms with Crippen molar-refractivity contribution in [3.8, 4) is 5.75 Å². The molecule has 0 aliphatic carbocycles. The zero-order valence-corrected chi connectivity index (χ0v) is 12.1. The molecular weight excluding hydrogens is 264 g/mol. The maximum atomic E-state index is 9.66. The monoisotopic (exact) mass is 286 g/mol. The van der Waals surface area contributed by atoms with E-state index in [-0.39, 0.29) is 13.2 Å². The van der Waals surface area contributed by atoms with Crippen LogP contribution in [0, 0.1) is 0 Å². The Kier molecular flexibility index (Phi) is 8.66. The van der Waals surface area contributed by atoms with Crippen molar-refractivity contribution in [2.45, 2.75) is 12.5 Å². The molecule has 1 aromatic rings. The van der Waals surface area contributed by atoms with E-state index in [2.05, 4.69) is 0 Å². The van der Waals surface area contributed by atoms with Crippen LogP contribution in [0.3, 0.4) is 0 Å². The van der Waals surface area contributed by atoms with Gasteiger partial charge in [-0.1, -0.05) is 12.1 Å². The number of hydrogen-bond acceptors (Lipinski definition) is 5. The van der Waals surface area contributed by atoms with E-state index in [0.29, 0.717) is 18.1 Å². The van der Waals surface area contributed by atoms with Gasteiger partial charge in [0.15, 0.2) is 0 Å². The van der Waals surface area contributed by atoms with E-state index >= 15 is 0 Å². The summed E-state index contributed by atoms with van der Waals surface area (Å²) in [7, 11) is 1.69. The molecular formula is C14H22O4S. The second-order valence-electron chi connectivity index (χ2n) is 4.15. The molecule has 0 radical (unpaired) electrons. The molecule has 0 aliphatic rings. The Bertz CT molecular complexity index is 329. The van der Waals surface area contributed by atoms with Gasteiger partial charge in [-0.25, -0.2) is 0 Å². The fourth-order valence-corrected chi connectivity index (χ4v) is 2.16. The Morgan fingerprint density at radius 3 is 2.63 bits per heavy atom. The Labute approximate surface area is 118 Å². The van der Waals surface area contributed by atoms with Crippen LogP contribution >= 0.6 is 11.8 Å². The van der Waals surface area contributed by atoms with Gasteiger partial charge in [-0.2, -0.15) is 11.8 Å². The molecule has 0 saturated carbocycles. The first-order valence-electron chi connectivity index (χ1n) is 6.33. The summed E-state index contributed by atoms with van der Waals surface area (Å²) in [5.74, 6) is 1.98. The van der Waals surface area contributed by atoms with Crippen molar-refractivity contribution in [3.63, 3.8) is 0 Å². The minimum atomic E-state index is -0.510. The van der Waals surface area contributed by atoms with Crippen molar-refractivity contribution >= 4 is 11.8 Å². The largest absolute Gasteiger partial charge is 0.491 e. The molecule has 0 aliphatic heterocycles. The normalized spacial score (nSPS) is 12.4. The molecule has 0 fully saturated rings. The van der Waals surface area contributed by atoms with Gasteiger partial charge in [-0.3, -0.25) is 0 Å². The highest BCUT2D eigenvalue weighted by atomic mass is 32.2. The van der Waals surface area contributed by atoms with Gasteiger partial charge in [0.25, 0.3) is 0 Å². The minimum absolute atomic E-state index is 0.140. The summed E-state index contributed by atoms with van der Waals surface area (Å²) in [5.41, 5.74) is 1.20. The Hall–Kier alpha value is -0.750. The van der Waals surface area contributed by atoms with E-state index in [1.807, 2.05) is 24.3 Å². The molecule has 1 unspecified atom stereocenters. The fraction of sp³-hybridized carbons (Fsp3) is 0.571. The zero-order chi connectivity index (χ0) is 13.9. The van der Waals surface area contributed by atoms with Crippen LogP contribution in [0.4, 0.5) is 0 Å². The van der Waals surface area contributed by atoms with Gasteiger partial charge in [0.1, 0.15) is 12.4 Å². The number of methoxy groups -OCH3 is 1. The number of aliphatic hydroxyl groups excluding tert-OH is 2. The molecule has 1 rings (SSSR count). The fourth-order valence-electron chi connectivity index (χ4n) is 1.50. The molecule has 2 N–H and O–H groups in total. The van der Waals surface area contributed by atoms with E-state index in [1.54, 1.807) is 7.11 Å². The number of benzene rings is 1. The molecule has 4 nitrogen and oxygen atoms in total. The molecule has 0 spiro atoms. The number of rotatable bonds is 10. The summed E-state index contributed by atoms with van der Waals surface area (Å²) in [4.78, 5) is 0. The lowest BCUT2D eigenvalue weighted by atomic mass is 10.1. The van der Waals surface area contributed by atoms with Gasteiger partial charge in [-0.05, 0) is 24.1 Å². The topological polar surface area (TPSA) is 58.9 Å². The molecule has 5 heteroatoms. The lowest BCUT2D eigenvalue weighted by molar-refractivity contribution is 0.126. The maximum Gasteiger partial charge on any atom is 0.119 e. The second kappa shape index (κ2) is 10.1. The lowest BCUT2D eigenvalue weighted by Crippen LogP contribution is -2.20. The first kappa shape index (κ1) is 16.3. The van der Waals surface area contributed by atoms with Crippen molar-refractivity contribution in [1.82, 2.24) is 0 Å². The van der Waals surface area contributed by atoms with Crippen LogP contribution in [0.25, 0.3) is 0 Å². The zero-order valence-electron chi connectivity index (χ0n) is 11.2. The molecule has 0 aromatic heterocycles. The average molecular weight is 286 g/mol. The minimum Gasteiger partial charge on any atom is -0.491 e. The summed E-state index contributed by atoms with van der Waals surface area (Å²) in [6.07, 6.45) is 0.377. The van der Waals surface area contributed by atoms with Gasteiger partial charge in [-0.15, -0.1) is 0 Å². The molecule has 108 valence electrons. The highest BCUT2D eigenvalue weighted by molar-refractivity contribution is 7.99. The predicted molar refractivity (Wildman–Crippen MR) is 77.9 cm³/mol. The van der Waals surface area contributed by atoms with E-state index in [9.17, 15) is 5.11 Å². The van der Waals surface area contributed by atoms with Crippen LogP contribution in [0.15, 0.2) is 24.3 Å². The number of aliphatic hydroxyl groups is 2.